The van der Waals surface area contributed by atoms with Crippen molar-refractivity contribution in [1.29, 1.82) is 0 Å². The number of hydrogen-bond acceptors (Lipinski definition) is 3. The summed E-state index contributed by atoms with van der Waals surface area (Å²) < 4.78 is 15.2. The molecule has 0 saturated heterocycles. The maximum absolute atomic E-state index is 13.3. The molecule has 0 spiro atoms. The smallest absolute Gasteiger partial charge is 0.423 e. The summed E-state index contributed by atoms with van der Waals surface area (Å²) in [6.45, 7) is 2.29. The number of fused-ring (bicyclic) bond motifs is 1. The normalized spacial score (nSPS) is 11.0. The van der Waals surface area contributed by atoms with Gasteiger partial charge in [0.15, 0.2) is 0 Å². The van der Waals surface area contributed by atoms with Crippen LogP contribution in [0.1, 0.15) is 11.4 Å². The van der Waals surface area contributed by atoms with Crippen LogP contribution >= 0.6 is 0 Å². The van der Waals surface area contributed by atoms with Gasteiger partial charge in [0.05, 0.1) is 11.0 Å². The van der Waals surface area contributed by atoms with Gasteiger partial charge >= 0.3 is 7.12 Å². The van der Waals surface area contributed by atoms with Crippen molar-refractivity contribution in [2.24, 2.45) is 0 Å². The van der Waals surface area contributed by atoms with Gasteiger partial charge in [0, 0.05) is 6.54 Å². The number of para-hydroxylation sites is 2. The van der Waals surface area contributed by atoms with Gasteiger partial charge in [0.2, 0.25) is 0 Å². The third-order valence-corrected chi connectivity index (χ3v) is 3.56. The molecule has 1 aromatic heterocycles. The highest BCUT2D eigenvalue weighted by atomic mass is 19.1. The summed E-state index contributed by atoms with van der Waals surface area (Å²) in [5.74, 6) is 0.327. The van der Waals surface area contributed by atoms with E-state index in [1.807, 2.05) is 35.8 Å². The molecule has 0 atom stereocenters. The molecule has 3 aromatic rings. The van der Waals surface area contributed by atoms with Gasteiger partial charge < -0.3 is 14.6 Å². The van der Waals surface area contributed by atoms with E-state index in [9.17, 15) is 14.4 Å². The van der Waals surface area contributed by atoms with Crippen molar-refractivity contribution in [3.05, 3.63) is 59.7 Å². The fourth-order valence-corrected chi connectivity index (χ4v) is 2.52. The fraction of sp³-hybridized carbons (Fsp3) is 0.133. The van der Waals surface area contributed by atoms with Crippen LogP contribution in [0.3, 0.4) is 0 Å². The second kappa shape index (κ2) is 5.31. The van der Waals surface area contributed by atoms with E-state index in [1.165, 1.54) is 6.07 Å². The first kappa shape index (κ1) is 13.8. The fourth-order valence-electron chi connectivity index (χ4n) is 2.52. The standard InChI is InChI=1S/C15H14BFN2O2/c1-10-18-14-4-2-3-5-15(14)19(10)9-11-6-7-12(17)8-13(11)16(20)21/h2-8,20-21H,9H2,1H3. The average molecular weight is 284 g/mol. The van der Waals surface area contributed by atoms with Gasteiger partial charge in [-0.25, -0.2) is 9.37 Å². The van der Waals surface area contributed by atoms with Crippen molar-refractivity contribution in [3.63, 3.8) is 0 Å². The Balaban J connectivity index is 2.09. The van der Waals surface area contributed by atoms with Gasteiger partial charge in [-0.05, 0) is 42.2 Å². The molecular formula is C15H14BFN2O2. The van der Waals surface area contributed by atoms with Gasteiger partial charge in [-0.15, -0.1) is 0 Å². The molecule has 0 saturated carbocycles. The van der Waals surface area contributed by atoms with Crippen LogP contribution in [0.2, 0.25) is 0 Å². The number of hydrogen-bond donors (Lipinski definition) is 2. The minimum Gasteiger partial charge on any atom is -0.423 e. The quantitative estimate of drug-likeness (QED) is 0.711. The van der Waals surface area contributed by atoms with Crippen LogP contribution in [0.5, 0.6) is 0 Å². The number of aryl methyl sites for hydroxylation is 1. The molecule has 0 unspecified atom stereocenters. The highest BCUT2D eigenvalue weighted by molar-refractivity contribution is 6.59. The lowest BCUT2D eigenvalue weighted by Crippen LogP contribution is -2.34. The number of rotatable bonds is 3. The Morgan fingerprint density at radius 3 is 2.71 bits per heavy atom. The van der Waals surface area contributed by atoms with E-state index in [2.05, 4.69) is 4.98 Å². The van der Waals surface area contributed by atoms with E-state index in [1.54, 1.807) is 6.07 Å². The number of benzene rings is 2. The zero-order chi connectivity index (χ0) is 15.0. The van der Waals surface area contributed by atoms with Crippen molar-refractivity contribution in [2.75, 3.05) is 0 Å². The van der Waals surface area contributed by atoms with Gasteiger partial charge in [0.25, 0.3) is 0 Å². The first-order valence-corrected chi connectivity index (χ1v) is 6.62. The van der Waals surface area contributed by atoms with Crippen LogP contribution in [-0.4, -0.2) is 26.7 Å². The number of imidazole rings is 1. The molecule has 21 heavy (non-hydrogen) atoms. The monoisotopic (exact) mass is 284 g/mol. The van der Waals surface area contributed by atoms with Crippen molar-refractivity contribution < 1.29 is 14.4 Å². The Kier molecular flexibility index (Phi) is 3.49. The summed E-state index contributed by atoms with van der Waals surface area (Å²) in [5.41, 5.74) is 2.66. The number of aromatic nitrogens is 2. The summed E-state index contributed by atoms with van der Waals surface area (Å²) in [5, 5.41) is 18.8. The van der Waals surface area contributed by atoms with Crippen LogP contribution in [0, 0.1) is 12.7 Å². The van der Waals surface area contributed by atoms with Crippen LogP contribution in [0.25, 0.3) is 11.0 Å². The summed E-state index contributed by atoms with van der Waals surface area (Å²) in [6, 6.07) is 11.7. The van der Waals surface area contributed by atoms with Crippen molar-refractivity contribution >= 4 is 23.6 Å². The number of nitrogens with zero attached hydrogens (tertiary/aromatic N) is 2. The molecule has 3 rings (SSSR count). The summed E-state index contributed by atoms with van der Waals surface area (Å²) in [6.07, 6.45) is 0. The molecular weight excluding hydrogens is 270 g/mol. The van der Waals surface area contributed by atoms with E-state index in [-0.39, 0.29) is 5.46 Å². The van der Waals surface area contributed by atoms with Crippen LogP contribution < -0.4 is 5.46 Å². The van der Waals surface area contributed by atoms with E-state index < -0.39 is 12.9 Å². The van der Waals surface area contributed by atoms with Crippen LogP contribution in [0.15, 0.2) is 42.5 Å². The van der Waals surface area contributed by atoms with Gasteiger partial charge in [-0.3, -0.25) is 0 Å². The molecule has 0 fully saturated rings. The maximum atomic E-state index is 13.3. The third-order valence-electron chi connectivity index (χ3n) is 3.56. The predicted octanol–water partition coefficient (Wildman–Crippen LogP) is 1.21. The molecule has 0 aliphatic carbocycles. The summed E-state index contributed by atoms with van der Waals surface area (Å²) >= 11 is 0. The lowest BCUT2D eigenvalue weighted by Gasteiger charge is -2.12. The average Bonchev–Trinajstić information content (AvgIpc) is 2.77. The molecule has 6 heteroatoms. The lowest BCUT2D eigenvalue weighted by atomic mass is 9.77. The van der Waals surface area contributed by atoms with E-state index >= 15 is 0 Å². The van der Waals surface area contributed by atoms with Gasteiger partial charge in [-0.2, -0.15) is 0 Å². The largest absolute Gasteiger partial charge is 0.488 e. The third kappa shape index (κ3) is 2.55. The molecule has 106 valence electrons. The predicted molar refractivity (Wildman–Crippen MR) is 79.8 cm³/mol. The number of halogens is 1. The summed E-state index contributed by atoms with van der Waals surface area (Å²) in [4.78, 5) is 4.47. The van der Waals surface area contributed by atoms with E-state index in [4.69, 9.17) is 0 Å². The molecule has 2 aromatic carbocycles. The second-order valence-corrected chi connectivity index (χ2v) is 4.95. The Morgan fingerprint density at radius 2 is 1.95 bits per heavy atom. The minimum atomic E-state index is -1.70. The van der Waals surface area contributed by atoms with Gasteiger partial charge in [-0.1, -0.05) is 18.2 Å². The van der Waals surface area contributed by atoms with Crippen LogP contribution in [-0.2, 0) is 6.54 Å². The molecule has 1 heterocycles. The first-order valence-electron chi connectivity index (χ1n) is 6.62. The first-order chi connectivity index (χ1) is 10.1. The molecule has 4 nitrogen and oxygen atoms in total. The Labute approximate surface area is 121 Å². The van der Waals surface area contributed by atoms with Crippen molar-refractivity contribution in [2.45, 2.75) is 13.5 Å². The minimum absolute atomic E-state index is 0.173. The Bertz CT molecular complexity index is 801. The molecule has 0 aliphatic rings. The SMILES string of the molecule is Cc1nc2ccccc2n1Cc1ccc(F)cc1B(O)O. The molecule has 0 bridgehead atoms. The van der Waals surface area contributed by atoms with E-state index in [0.29, 0.717) is 12.1 Å². The Hall–Kier alpha value is -2.18. The molecule has 0 radical (unpaired) electrons. The second-order valence-electron chi connectivity index (χ2n) is 4.95. The topological polar surface area (TPSA) is 58.3 Å². The Morgan fingerprint density at radius 1 is 1.19 bits per heavy atom. The van der Waals surface area contributed by atoms with Crippen molar-refractivity contribution in [3.8, 4) is 0 Å². The lowest BCUT2D eigenvalue weighted by molar-refractivity contribution is 0.425. The van der Waals surface area contributed by atoms with E-state index in [0.717, 1.165) is 22.9 Å². The zero-order valence-corrected chi connectivity index (χ0v) is 11.5. The molecule has 2 N–H and O–H groups in total. The van der Waals surface area contributed by atoms with Gasteiger partial charge in [0.1, 0.15) is 11.6 Å². The zero-order valence-electron chi connectivity index (χ0n) is 11.5. The maximum Gasteiger partial charge on any atom is 0.488 e. The van der Waals surface area contributed by atoms with Crippen LogP contribution in [0.4, 0.5) is 4.39 Å². The summed E-state index contributed by atoms with van der Waals surface area (Å²) in [7, 11) is -1.70. The molecule has 0 amide bonds. The highest BCUT2D eigenvalue weighted by Crippen LogP contribution is 2.17. The highest BCUT2D eigenvalue weighted by Gasteiger charge is 2.18. The van der Waals surface area contributed by atoms with Crippen molar-refractivity contribution in [1.82, 2.24) is 9.55 Å². The molecule has 0 aliphatic heterocycles.